The molecule has 3 aromatic carbocycles. The minimum atomic E-state index is -0.326. The number of nitrogens with zero attached hydrogens (tertiary/aromatic N) is 3. The summed E-state index contributed by atoms with van der Waals surface area (Å²) in [5.41, 5.74) is 5.68. The molecular formula is C27H23N3O2S. The maximum Gasteiger partial charge on any atom is 0.338 e. The number of aromatic nitrogens is 3. The van der Waals surface area contributed by atoms with Gasteiger partial charge >= 0.3 is 5.97 Å². The Morgan fingerprint density at radius 1 is 1.00 bits per heavy atom. The topological polar surface area (TPSA) is 57.0 Å². The number of esters is 1. The number of rotatable bonds is 7. The second-order valence-electron chi connectivity index (χ2n) is 7.67. The number of fused-ring (bicyclic) bond motifs is 2. The number of thioether (sulfide) groups is 1. The van der Waals surface area contributed by atoms with Crippen molar-refractivity contribution in [3.05, 3.63) is 102 Å². The number of para-hydroxylation sites is 1. The van der Waals surface area contributed by atoms with Crippen molar-refractivity contribution >= 4 is 39.7 Å². The van der Waals surface area contributed by atoms with E-state index in [-0.39, 0.29) is 5.97 Å². The first kappa shape index (κ1) is 21.2. The van der Waals surface area contributed by atoms with E-state index in [1.165, 1.54) is 11.1 Å². The first-order valence-corrected chi connectivity index (χ1v) is 11.9. The van der Waals surface area contributed by atoms with Gasteiger partial charge in [0.25, 0.3) is 0 Å². The van der Waals surface area contributed by atoms with Gasteiger partial charge in [0.1, 0.15) is 0 Å². The third kappa shape index (κ3) is 4.47. The van der Waals surface area contributed by atoms with E-state index >= 15 is 0 Å². The van der Waals surface area contributed by atoms with Gasteiger partial charge in [-0.3, -0.25) is 4.98 Å². The van der Waals surface area contributed by atoms with Crippen molar-refractivity contribution in [3.63, 3.8) is 0 Å². The highest BCUT2D eigenvalue weighted by molar-refractivity contribution is 7.98. The van der Waals surface area contributed by atoms with Gasteiger partial charge in [0.15, 0.2) is 5.16 Å². The first-order valence-electron chi connectivity index (χ1n) is 10.9. The predicted molar refractivity (Wildman–Crippen MR) is 133 cm³/mol. The molecule has 0 saturated carbocycles. The molecule has 0 amide bonds. The lowest BCUT2D eigenvalue weighted by Crippen LogP contribution is -2.04. The van der Waals surface area contributed by atoms with Crippen LogP contribution in [0, 0.1) is 0 Å². The van der Waals surface area contributed by atoms with Crippen LogP contribution in [0.5, 0.6) is 0 Å². The van der Waals surface area contributed by atoms with Gasteiger partial charge in [-0.05, 0) is 42.3 Å². The summed E-state index contributed by atoms with van der Waals surface area (Å²) < 4.78 is 7.38. The van der Waals surface area contributed by atoms with E-state index in [0.717, 1.165) is 32.8 Å². The van der Waals surface area contributed by atoms with Gasteiger partial charge < -0.3 is 9.30 Å². The minimum Gasteiger partial charge on any atom is -0.462 e. The molecule has 0 aliphatic heterocycles. The average molecular weight is 454 g/mol. The summed E-state index contributed by atoms with van der Waals surface area (Å²) in [6.07, 6.45) is 1.83. The molecule has 0 unspecified atom stereocenters. The zero-order valence-corrected chi connectivity index (χ0v) is 19.1. The van der Waals surface area contributed by atoms with E-state index in [2.05, 4.69) is 45.9 Å². The number of carbonyl (C=O) groups excluding carboxylic acids is 1. The van der Waals surface area contributed by atoms with Gasteiger partial charge in [-0.2, -0.15) is 0 Å². The van der Waals surface area contributed by atoms with Crippen LogP contribution >= 0.6 is 11.8 Å². The van der Waals surface area contributed by atoms with Crippen LogP contribution in [0.2, 0.25) is 0 Å². The van der Waals surface area contributed by atoms with Crippen LogP contribution < -0.4 is 0 Å². The van der Waals surface area contributed by atoms with Gasteiger partial charge in [0.2, 0.25) is 0 Å². The van der Waals surface area contributed by atoms with Crippen molar-refractivity contribution in [2.75, 3.05) is 6.61 Å². The number of hydrogen-bond acceptors (Lipinski definition) is 5. The minimum absolute atomic E-state index is 0.326. The Balaban J connectivity index is 1.52. The van der Waals surface area contributed by atoms with E-state index in [1.807, 2.05) is 55.6 Å². The molecule has 0 aliphatic carbocycles. The van der Waals surface area contributed by atoms with Crippen molar-refractivity contribution in [2.45, 2.75) is 24.4 Å². The van der Waals surface area contributed by atoms with E-state index in [4.69, 9.17) is 9.72 Å². The van der Waals surface area contributed by atoms with E-state index in [9.17, 15) is 4.79 Å². The normalized spacial score (nSPS) is 11.2. The fourth-order valence-corrected chi connectivity index (χ4v) is 4.90. The van der Waals surface area contributed by atoms with Crippen LogP contribution in [0.1, 0.15) is 28.4 Å². The molecule has 0 bridgehead atoms. The van der Waals surface area contributed by atoms with Crippen LogP contribution in [0.15, 0.2) is 90.2 Å². The SMILES string of the molecule is CCOC(=O)c1ccc2c(c1)nc(SCc1cccc3cccnc13)n2Cc1ccccc1. The molecule has 0 aliphatic rings. The molecule has 0 spiro atoms. The Bertz CT molecular complexity index is 1420. The molecule has 0 fully saturated rings. The van der Waals surface area contributed by atoms with Crippen LogP contribution in [-0.4, -0.2) is 27.1 Å². The van der Waals surface area contributed by atoms with Crippen LogP contribution in [-0.2, 0) is 17.0 Å². The second kappa shape index (κ2) is 9.46. The summed E-state index contributed by atoms with van der Waals surface area (Å²) in [6, 6.07) is 26.2. The van der Waals surface area contributed by atoms with Crippen molar-refractivity contribution in [3.8, 4) is 0 Å². The predicted octanol–water partition coefficient (Wildman–Crippen LogP) is 6.10. The second-order valence-corrected chi connectivity index (χ2v) is 8.61. The smallest absolute Gasteiger partial charge is 0.338 e. The van der Waals surface area contributed by atoms with Crippen molar-refractivity contribution in [1.82, 2.24) is 14.5 Å². The average Bonchev–Trinajstić information content (AvgIpc) is 3.20. The van der Waals surface area contributed by atoms with Gasteiger partial charge in [-0.1, -0.05) is 66.4 Å². The molecule has 5 aromatic rings. The largest absolute Gasteiger partial charge is 0.462 e. The number of imidazole rings is 1. The van der Waals surface area contributed by atoms with E-state index in [0.29, 0.717) is 18.7 Å². The molecule has 0 atom stereocenters. The lowest BCUT2D eigenvalue weighted by Gasteiger charge is -2.10. The summed E-state index contributed by atoms with van der Waals surface area (Å²) in [7, 11) is 0. The van der Waals surface area contributed by atoms with E-state index in [1.54, 1.807) is 11.8 Å². The summed E-state index contributed by atoms with van der Waals surface area (Å²) in [5, 5.41) is 2.04. The third-order valence-electron chi connectivity index (χ3n) is 5.48. The fraction of sp³-hybridized carbons (Fsp3) is 0.148. The molecule has 33 heavy (non-hydrogen) atoms. The summed E-state index contributed by atoms with van der Waals surface area (Å²) in [6.45, 7) is 2.85. The lowest BCUT2D eigenvalue weighted by molar-refractivity contribution is 0.0526. The Labute approximate surface area is 196 Å². The molecule has 164 valence electrons. The number of benzene rings is 3. The highest BCUT2D eigenvalue weighted by atomic mass is 32.2. The number of pyridine rings is 1. The maximum absolute atomic E-state index is 12.2. The first-order chi connectivity index (χ1) is 16.2. The number of hydrogen-bond donors (Lipinski definition) is 0. The Morgan fingerprint density at radius 2 is 1.85 bits per heavy atom. The molecule has 5 rings (SSSR count). The van der Waals surface area contributed by atoms with Crippen LogP contribution in [0.25, 0.3) is 21.9 Å². The van der Waals surface area contributed by atoms with E-state index < -0.39 is 0 Å². The van der Waals surface area contributed by atoms with Crippen molar-refractivity contribution < 1.29 is 9.53 Å². The van der Waals surface area contributed by atoms with Gasteiger partial charge in [-0.25, -0.2) is 9.78 Å². The van der Waals surface area contributed by atoms with Crippen LogP contribution in [0.4, 0.5) is 0 Å². The number of carbonyl (C=O) groups is 1. The highest BCUT2D eigenvalue weighted by Gasteiger charge is 2.16. The van der Waals surface area contributed by atoms with Gasteiger partial charge in [0.05, 0.1) is 35.3 Å². The Hall–Kier alpha value is -3.64. The molecule has 5 nitrogen and oxygen atoms in total. The zero-order valence-electron chi connectivity index (χ0n) is 18.3. The summed E-state index contributed by atoms with van der Waals surface area (Å²) in [5.74, 6) is 0.421. The van der Waals surface area contributed by atoms with Gasteiger partial charge in [0, 0.05) is 17.3 Å². The molecule has 0 N–H and O–H groups in total. The lowest BCUT2D eigenvalue weighted by atomic mass is 10.1. The maximum atomic E-state index is 12.2. The number of ether oxygens (including phenoxy) is 1. The van der Waals surface area contributed by atoms with Gasteiger partial charge in [-0.15, -0.1) is 0 Å². The molecular weight excluding hydrogens is 430 g/mol. The van der Waals surface area contributed by atoms with Crippen LogP contribution in [0.3, 0.4) is 0 Å². The van der Waals surface area contributed by atoms with Crippen molar-refractivity contribution in [1.29, 1.82) is 0 Å². The Kier molecular flexibility index (Phi) is 6.09. The molecule has 2 aromatic heterocycles. The monoisotopic (exact) mass is 453 g/mol. The summed E-state index contributed by atoms with van der Waals surface area (Å²) >= 11 is 1.68. The third-order valence-corrected chi connectivity index (χ3v) is 6.51. The molecule has 0 radical (unpaired) electrons. The molecule has 2 heterocycles. The summed E-state index contributed by atoms with van der Waals surface area (Å²) in [4.78, 5) is 21.7. The van der Waals surface area contributed by atoms with Crippen molar-refractivity contribution in [2.24, 2.45) is 0 Å². The highest BCUT2D eigenvalue weighted by Crippen LogP contribution is 2.30. The molecule has 6 heteroatoms. The Morgan fingerprint density at radius 3 is 2.70 bits per heavy atom. The standard InChI is InChI=1S/C27H23N3O2S/c1-2-32-26(31)21-13-14-24-23(16-21)29-27(30(24)17-19-8-4-3-5-9-19)33-18-22-11-6-10-20-12-7-15-28-25(20)22/h3-16H,2,17-18H2,1H3. The fourth-order valence-electron chi connectivity index (χ4n) is 3.90. The zero-order chi connectivity index (χ0) is 22.6. The molecule has 0 saturated heterocycles. The quantitative estimate of drug-likeness (QED) is 0.220.